The molecule has 1 heterocycles. The van der Waals surface area contributed by atoms with E-state index in [0.29, 0.717) is 11.8 Å². The normalized spacial score (nSPS) is 31.2. The van der Waals surface area contributed by atoms with E-state index in [0.717, 1.165) is 51.4 Å². The molecule has 0 spiro atoms. The number of hydrogen-bond donors (Lipinski definition) is 1. The Hall–Kier alpha value is -1.39. The monoisotopic (exact) mass is 290 g/mol. The van der Waals surface area contributed by atoms with Gasteiger partial charge in [0.05, 0.1) is 0 Å². The third kappa shape index (κ3) is 2.27. The van der Waals surface area contributed by atoms with Gasteiger partial charge in [0.15, 0.2) is 0 Å². The van der Waals surface area contributed by atoms with E-state index in [1.807, 2.05) is 0 Å². The molecular formula is C16H22N2O3. The van der Waals surface area contributed by atoms with Crippen LogP contribution in [0.15, 0.2) is 0 Å². The van der Waals surface area contributed by atoms with Gasteiger partial charge in [0.2, 0.25) is 11.8 Å². The van der Waals surface area contributed by atoms with Crippen LogP contribution in [-0.4, -0.2) is 28.8 Å². The van der Waals surface area contributed by atoms with Crippen LogP contribution in [0.1, 0.15) is 51.4 Å². The second-order valence-corrected chi connectivity index (χ2v) is 7.19. The molecule has 1 saturated heterocycles. The molecule has 114 valence electrons. The summed E-state index contributed by atoms with van der Waals surface area (Å²) in [6, 6.07) is -0.419. The molecule has 4 fully saturated rings. The molecule has 0 aromatic heterocycles. The zero-order valence-corrected chi connectivity index (χ0v) is 12.2. The summed E-state index contributed by atoms with van der Waals surface area (Å²) in [7, 11) is 0. The van der Waals surface area contributed by atoms with Crippen molar-refractivity contribution in [2.24, 2.45) is 23.7 Å². The topological polar surface area (TPSA) is 66.5 Å². The van der Waals surface area contributed by atoms with Gasteiger partial charge in [-0.15, -0.1) is 0 Å². The third-order valence-corrected chi connectivity index (χ3v) is 5.61. The lowest BCUT2D eigenvalue weighted by Gasteiger charge is -2.38. The number of nitrogens with one attached hydrogen (secondary N) is 1. The van der Waals surface area contributed by atoms with Gasteiger partial charge in [0.1, 0.15) is 5.92 Å². The summed E-state index contributed by atoms with van der Waals surface area (Å²) in [6.45, 7) is 0. The number of carbonyl (C=O) groups excluding carboxylic acids is 3. The predicted molar refractivity (Wildman–Crippen MR) is 75.1 cm³/mol. The van der Waals surface area contributed by atoms with Crippen molar-refractivity contribution in [1.29, 1.82) is 0 Å². The van der Waals surface area contributed by atoms with Gasteiger partial charge in [-0.05, 0) is 56.3 Å². The van der Waals surface area contributed by atoms with Gasteiger partial charge in [0.25, 0.3) is 0 Å². The number of imide groups is 2. The van der Waals surface area contributed by atoms with Crippen molar-refractivity contribution in [3.63, 3.8) is 0 Å². The molecule has 21 heavy (non-hydrogen) atoms. The van der Waals surface area contributed by atoms with Gasteiger partial charge in [-0.2, -0.15) is 0 Å². The van der Waals surface area contributed by atoms with Crippen molar-refractivity contribution in [3.05, 3.63) is 0 Å². The highest BCUT2D eigenvalue weighted by Crippen LogP contribution is 2.48. The zero-order chi connectivity index (χ0) is 14.6. The van der Waals surface area contributed by atoms with Gasteiger partial charge in [-0.3, -0.25) is 19.8 Å². The van der Waals surface area contributed by atoms with Crippen molar-refractivity contribution in [2.75, 3.05) is 0 Å². The van der Waals surface area contributed by atoms with E-state index in [1.165, 1.54) is 4.90 Å². The largest absolute Gasteiger partial charge is 0.331 e. The lowest BCUT2D eigenvalue weighted by molar-refractivity contribution is -0.147. The maximum atomic E-state index is 12.9. The molecule has 0 aromatic rings. The summed E-state index contributed by atoms with van der Waals surface area (Å²) in [5.74, 6) is -0.107. The predicted octanol–water partition coefficient (Wildman–Crippen LogP) is 2.06. The Bertz CT molecular complexity index is 478. The van der Waals surface area contributed by atoms with Crippen LogP contribution in [0, 0.1) is 23.7 Å². The Morgan fingerprint density at radius 1 is 0.905 bits per heavy atom. The van der Waals surface area contributed by atoms with E-state index in [-0.39, 0.29) is 23.8 Å². The SMILES string of the molecule is O=C1NC(=O)N(C(C2CC2)C2CC2)C(=O)C1C1CCCC1. The summed E-state index contributed by atoms with van der Waals surface area (Å²) < 4.78 is 0. The first-order valence-electron chi connectivity index (χ1n) is 8.34. The fraction of sp³-hybridized carbons (Fsp3) is 0.812. The van der Waals surface area contributed by atoms with Crippen molar-refractivity contribution >= 4 is 17.8 Å². The third-order valence-electron chi connectivity index (χ3n) is 5.61. The molecule has 3 aliphatic carbocycles. The van der Waals surface area contributed by atoms with Crippen molar-refractivity contribution in [1.82, 2.24) is 10.2 Å². The van der Waals surface area contributed by atoms with E-state index in [9.17, 15) is 14.4 Å². The number of rotatable bonds is 4. The molecule has 0 bridgehead atoms. The molecule has 4 rings (SSSR count). The molecule has 4 aliphatic rings. The van der Waals surface area contributed by atoms with Crippen molar-refractivity contribution in [2.45, 2.75) is 57.4 Å². The zero-order valence-electron chi connectivity index (χ0n) is 12.2. The highest BCUT2D eigenvalue weighted by molar-refractivity contribution is 6.16. The average Bonchev–Trinajstić information content (AvgIpc) is 3.36. The minimum absolute atomic E-state index is 0.0505. The maximum Gasteiger partial charge on any atom is 0.331 e. The summed E-state index contributed by atoms with van der Waals surface area (Å²) in [5.41, 5.74) is 0. The van der Waals surface area contributed by atoms with E-state index >= 15 is 0 Å². The Balaban J connectivity index is 1.60. The molecule has 1 aliphatic heterocycles. The second kappa shape index (κ2) is 4.82. The number of barbiturate groups is 1. The van der Waals surface area contributed by atoms with Gasteiger partial charge in [-0.25, -0.2) is 4.79 Å². The quantitative estimate of drug-likeness (QED) is 0.806. The van der Waals surface area contributed by atoms with Gasteiger partial charge >= 0.3 is 6.03 Å². The maximum absolute atomic E-state index is 12.9. The minimum atomic E-state index is -0.620. The number of urea groups is 1. The lowest BCUT2D eigenvalue weighted by atomic mass is 9.86. The molecule has 5 nitrogen and oxygen atoms in total. The molecule has 1 atom stereocenters. The van der Waals surface area contributed by atoms with Crippen LogP contribution in [0.2, 0.25) is 0 Å². The van der Waals surface area contributed by atoms with Crippen LogP contribution in [0.5, 0.6) is 0 Å². The van der Waals surface area contributed by atoms with E-state index in [1.54, 1.807) is 0 Å². The first kappa shape index (κ1) is 13.3. The molecule has 3 saturated carbocycles. The Labute approximate surface area is 124 Å². The summed E-state index contributed by atoms with van der Waals surface area (Å²) in [4.78, 5) is 38.7. The first-order chi connectivity index (χ1) is 10.2. The highest BCUT2D eigenvalue weighted by Gasteiger charge is 2.53. The standard InChI is InChI=1S/C16H22N2O3/c19-14-12(9-3-1-2-4-9)15(20)18(16(21)17-14)13(10-5-6-10)11-7-8-11/h9-13H,1-8H2,(H,17,19,21). The van der Waals surface area contributed by atoms with Crippen LogP contribution < -0.4 is 5.32 Å². The van der Waals surface area contributed by atoms with Crippen LogP contribution in [0.25, 0.3) is 0 Å². The van der Waals surface area contributed by atoms with Crippen LogP contribution in [0.4, 0.5) is 4.79 Å². The van der Waals surface area contributed by atoms with Crippen molar-refractivity contribution in [3.8, 4) is 0 Å². The van der Waals surface area contributed by atoms with Crippen LogP contribution in [0.3, 0.4) is 0 Å². The van der Waals surface area contributed by atoms with Crippen LogP contribution >= 0.6 is 0 Å². The number of carbonyl (C=O) groups is 3. The van der Waals surface area contributed by atoms with Crippen molar-refractivity contribution < 1.29 is 14.4 Å². The molecule has 0 radical (unpaired) electrons. The number of amides is 4. The van der Waals surface area contributed by atoms with E-state index in [2.05, 4.69) is 5.32 Å². The Morgan fingerprint density at radius 3 is 2.00 bits per heavy atom. The fourth-order valence-corrected chi connectivity index (χ4v) is 4.28. The van der Waals surface area contributed by atoms with E-state index < -0.39 is 11.9 Å². The number of hydrogen-bond acceptors (Lipinski definition) is 3. The second-order valence-electron chi connectivity index (χ2n) is 7.19. The Kier molecular flexibility index (Phi) is 3.05. The lowest BCUT2D eigenvalue weighted by Crippen LogP contribution is -2.63. The fourth-order valence-electron chi connectivity index (χ4n) is 4.28. The molecule has 0 aromatic carbocycles. The summed E-state index contributed by atoms with van der Waals surface area (Å²) >= 11 is 0. The molecule has 1 N–H and O–H groups in total. The highest BCUT2D eigenvalue weighted by atomic mass is 16.2. The van der Waals surface area contributed by atoms with Gasteiger partial charge < -0.3 is 0 Å². The van der Waals surface area contributed by atoms with Gasteiger partial charge in [0, 0.05) is 6.04 Å². The molecular weight excluding hydrogens is 268 g/mol. The number of nitrogens with zero attached hydrogens (tertiary/aromatic N) is 1. The Morgan fingerprint density at radius 2 is 1.48 bits per heavy atom. The summed E-state index contributed by atoms with van der Waals surface area (Å²) in [5, 5.41) is 2.46. The van der Waals surface area contributed by atoms with Crippen LogP contribution in [-0.2, 0) is 9.59 Å². The minimum Gasteiger partial charge on any atom is -0.277 e. The first-order valence-corrected chi connectivity index (χ1v) is 8.34. The molecule has 5 heteroatoms. The average molecular weight is 290 g/mol. The van der Waals surface area contributed by atoms with Gasteiger partial charge in [-0.1, -0.05) is 12.8 Å². The molecule has 4 amide bonds. The summed E-state index contributed by atoms with van der Waals surface area (Å²) in [6.07, 6.45) is 8.49. The smallest absolute Gasteiger partial charge is 0.277 e. The van der Waals surface area contributed by atoms with E-state index in [4.69, 9.17) is 0 Å². The molecule has 1 unspecified atom stereocenters.